The molecule has 1 N–H and O–H groups in total. The molecule has 3 atom stereocenters. The van der Waals surface area contributed by atoms with E-state index in [9.17, 15) is 9.90 Å². The van der Waals surface area contributed by atoms with E-state index in [4.69, 9.17) is 0 Å². The van der Waals surface area contributed by atoms with Crippen LogP contribution < -0.4 is 0 Å². The normalized spacial score (nSPS) is 47.6. The zero-order chi connectivity index (χ0) is 12.2. The lowest BCUT2D eigenvalue weighted by Gasteiger charge is -2.55. The van der Waals surface area contributed by atoms with E-state index in [0.29, 0.717) is 12.3 Å². The van der Waals surface area contributed by atoms with Gasteiger partial charge in [-0.15, -0.1) is 0 Å². The Hall–Kier alpha value is -0.370. The molecule has 3 unspecified atom stereocenters. The monoisotopic (exact) mass is 224 g/mol. The van der Waals surface area contributed by atoms with Gasteiger partial charge in [0.2, 0.25) is 0 Å². The van der Waals surface area contributed by atoms with Crippen molar-refractivity contribution in [3.63, 3.8) is 0 Å². The summed E-state index contributed by atoms with van der Waals surface area (Å²) in [5.41, 5.74) is -1.12. The maximum absolute atomic E-state index is 12.4. The number of carbonyl (C=O) groups excluding carboxylic acids is 1. The van der Waals surface area contributed by atoms with Crippen molar-refractivity contribution in [1.29, 1.82) is 0 Å². The van der Waals surface area contributed by atoms with E-state index in [2.05, 4.69) is 20.8 Å². The van der Waals surface area contributed by atoms with Crippen molar-refractivity contribution >= 4 is 5.78 Å². The van der Waals surface area contributed by atoms with Gasteiger partial charge in [0.25, 0.3) is 0 Å². The van der Waals surface area contributed by atoms with Crippen LogP contribution in [0, 0.1) is 16.7 Å². The summed E-state index contributed by atoms with van der Waals surface area (Å²) in [5.74, 6) is 0.533. The van der Waals surface area contributed by atoms with Crippen LogP contribution in [-0.4, -0.2) is 16.5 Å². The molecule has 0 amide bonds. The molecule has 0 saturated heterocycles. The van der Waals surface area contributed by atoms with Gasteiger partial charge in [-0.3, -0.25) is 4.79 Å². The van der Waals surface area contributed by atoms with Crippen molar-refractivity contribution < 1.29 is 9.90 Å². The molecule has 2 rings (SSSR count). The molecule has 92 valence electrons. The van der Waals surface area contributed by atoms with Gasteiger partial charge in [0.15, 0.2) is 5.78 Å². The van der Waals surface area contributed by atoms with Gasteiger partial charge in [-0.2, -0.15) is 0 Å². The Morgan fingerprint density at radius 3 is 2.38 bits per heavy atom. The first-order chi connectivity index (χ1) is 7.20. The van der Waals surface area contributed by atoms with Gasteiger partial charge in [-0.05, 0) is 43.9 Å². The van der Waals surface area contributed by atoms with Crippen molar-refractivity contribution in [2.75, 3.05) is 0 Å². The number of carbonyl (C=O) groups is 1. The number of Topliss-reactive ketones (excluding diaryl/α,β-unsaturated/α-hetero) is 1. The van der Waals surface area contributed by atoms with Crippen LogP contribution in [0.2, 0.25) is 0 Å². The van der Waals surface area contributed by atoms with Gasteiger partial charge in [-0.25, -0.2) is 0 Å². The molecule has 0 aliphatic heterocycles. The Morgan fingerprint density at radius 1 is 1.12 bits per heavy atom. The predicted octanol–water partition coefficient (Wildman–Crippen LogP) is 2.93. The maximum Gasteiger partial charge on any atom is 0.170 e. The summed E-state index contributed by atoms with van der Waals surface area (Å²) in [6.45, 7) is 8.33. The highest BCUT2D eigenvalue weighted by Gasteiger charge is 2.57. The fourth-order valence-corrected chi connectivity index (χ4v) is 4.26. The van der Waals surface area contributed by atoms with Crippen LogP contribution in [0.1, 0.15) is 59.8 Å². The zero-order valence-corrected chi connectivity index (χ0v) is 11.0. The lowest BCUT2D eigenvalue weighted by molar-refractivity contribution is -0.167. The fourth-order valence-electron chi connectivity index (χ4n) is 4.26. The third-order valence-electron chi connectivity index (χ3n) is 5.16. The minimum Gasteiger partial charge on any atom is -0.382 e. The molecule has 0 bridgehead atoms. The molecule has 2 fully saturated rings. The van der Waals surface area contributed by atoms with Gasteiger partial charge in [-0.1, -0.05) is 27.2 Å². The number of hydrogen-bond acceptors (Lipinski definition) is 2. The molecule has 0 aromatic rings. The lowest BCUT2D eigenvalue weighted by Crippen LogP contribution is -2.58. The summed E-state index contributed by atoms with van der Waals surface area (Å²) in [4.78, 5) is 12.4. The highest BCUT2D eigenvalue weighted by atomic mass is 16.3. The van der Waals surface area contributed by atoms with Crippen LogP contribution in [-0.2, 0) is 4.79 Å². The Morgan fingerprint density at radius 2 is 1.75 bits per heavy atom. The van der Waals surface area contributed by atoms with Crippen molar-refractivity contribution in [3.8, 4) is 0 Å². The Balaban J connectivity index is 2.38. The smallest absolute Gasteiger partial charge is 0.170 e. The van der Waals surface area contributed by atoms with E-state index in [1.165, 1.54) is 6.42 Å². The maximum atomic E-state index is 12.4. The van der Waals surface area contributed by atoms with Crippen LogP contribution in [0.25, 0.3) is 0 Å². The highest BCUT2D eigenvalue weighted by molar-refractivity contribution is 5.93. The van der Waals surface area contributed by atoms with Crippen molar-refractivity contribution in [3.05, 3.63) is 0 Å². The summed E-state index contributed by atoms with van der Waals surface area (Å²) in [6.07, 6.45) is 4.90. The average molecular weight is 224 g/mol. The first-order valence-corrected chi connectivity index (χ1v) is 6.47. The predicted molar refractivity (Wildman–Crippen MR) is 64.1 cm³/mol. The summed E-state index contributed by atoms with van der Waals surface area (Å²) >= 11 is 0. The summed E-state index contributed by atoms with van der Waals surface area (Å²) in [7, 11) is 0. The molecule has 2 aliphatic carbocycles. The van der Waals surface area contributed by atoms with Crippen LogP contribution in [0.5, 0.6) is 0 Å². The van der Waals surface area contributed by atoms with E-state index in [-0.39, 0.29) is 16.6 Å². The van der Waals surface area contributed by atoms with Gasteiger partial charge in [0.05, 0.1) is 0 Å². The Bertz CT molecular complexity index is 317. The first kappa shape index (κ1) is 12.1. The van der Waals surface area contributed by atoms with Crippen molar-refractivity contribution in [2.45, 2.75) is 65.4 Å². The summed E-state index contributed by atoms with van der Waals surface area (Å²) < 4.78 is 0. The van der Waals surface area contributed by atoms with E-state index in [1.54, 1.807) is 6.92 Å². The summed E-state index contributed by atoms with van der Waals surface area (Å²) in [6, 6.07) is 0. The van der Waals surface area contributed by atoms with E-state index >= 15 is 0 Å². The molecule has 0 heterocycles. The van der Waals surface area contributed by atoms with Gasteiger partial charge in [0.1, 0.15) is 5.60 Å². The van der Waals surface area contributed by atoms with E-state index in [0.717, 1.165) is 19.3 Å². The van der Waals surface area contributed by atoms with Gasteiger partial charge >= 0.3 is 0 Å². The second-order valence-corrected chi connectivity index (χ2v) is 6.95. The van der Waals surface area contributed by atoms with Crippen LogP contribution in [0.4, 0.5) is 0 Å². The third kappa shape index (κ3) is 1.54. The molecule has 16 heavy (non-hydrogen) atoms. The molecule has 2 nitrogen and oxygen atoms in total. The average Bonchev–Trinajstić information content (AvgIpc) is 2.12. The van der Waals surface area contributed by atoms with Crippen molar-refractivity contribution in [2.24, 2.45) is 16.7 Å². The third-order valence-corrected chi connectivity index (χ3v) is 5.16. The number of rotatable bonds is 0. The largest absolute Gasteiger partial charge is 0.382 e. The van der Waals surface area contributed by atoms with Crippen LogP contribution in [0.3, 0.4) is 0 Å². The van der Waals surface area contributed by atoms with Crippen LogP contribution >= 0.6 is 0 Å². The topological polar surface area (TPSA) is 37.3 Å². The van der Waals surface area contributed by atoms with Gasteiger partial charge in [0, 0.05) is 5.41 Å². The molecule has 0 radical (unpaired) electrons. The Labute approximate surface area is 98.4 Å². The standard InChI is InChI=1S/C14H24O2/c1-12(2)7-5-8-13(3)10(12)6-9-14(4,16)11(13)15/h10,16H,5-9H2,1-4H3. The second-order valence-electron chi connectivity index (χ2n) is 6.95. The molecular weight excluding hydrogens is 200 g/mol. The molecule has 0 aromatic heterocycles. The molecule has 2 aliphatic rings. The first-order valence-electron chi connectivity index (χ1n) is 6.47. The lowest BCUT2D eigenvalue weighted by atomic mass is 9.49. The molecule has 2 heteroatoms. The fraction of sp³-hybridized carbons (Fsp3) is 0.929. The van der Waals surface area contributed by atoms with Gasteiger partial charge < -0.3 is 5.11 Å². The number of ketones is 1. The van der Waals surface area contributed by atoms with Crippen LogP contribution in [0.15, 0.2) is 0 Å². The highest BCUT2D eigenvalue weighted by Crippen LogP contribution is 2.57. The molecular formula is C14H24O2. The van der Waals surface area contributed by atoms with E-state index < -0.39 is 5.60 Å². The van der Waals surface area contributed by atoms with Crippen molar-refractivity contribution in [1.82, 2.24) is 0 Å². The summed E-state index contributed by atoms with van der Waals surface area (Å²) in [5, 5.41) is 10.2. The SMILES string of the molecule is CC1(O)CCC2C(C)(C)CCCC2(C)C1=O. The Kier molecular flexibility index (Phi) is 2.51. The second kappa shape index (κ2) is 3.32. The number of hydrogen-bond donors (Lipinski definition) is 1. The molecule has 2 saturated carbocycles. The molecule has 0 spiro atoms. The molecule has 0 aromatic carbocycles. The minimum atomic E-state index is -1.08. The number of aliphatic hydroxyl groups is 1. The van der Waals surface area contributed by atoms with E-state index in [1.807, 2.05) is 0 Å². The number of fused-ring (bicyclic) bond motifs is 1. The zero-order valence-electron chi connectivity index (χ0n) is 11.0. The quantitative estimate of drug-likeness (QED) is 0.687. The minimum absolute atomic E-state index is 0.0871.